The number of rotatable bonds is 8. The molecule has 3 aromatic carbocycles. The number of piperazine rings is 1. The molecule has 0 unspecified atom stereocenters. The Morgan fingerprint density at radius 1 is 0.894 bits per heavy atom. The third kappa shape index (κ3) is 6.20. The van der Waals surface area contributed by atoms with E-state index in [2.05, 4.69) is 38.2 Å². The summed E-state index contributed by atoms with van der Waals surface area (Å²) in [7, 11) is 0. The molecule has 0 spiro atoms. The maximum absolute atomic E-state index is 13.9. The Kier molecular flexibility index (Phi) is 8.63. The van der Waals surface area contributed by atoms with E-state index < -0.39 is 24.0 Å². The molecule has 7 rings (SSSR count). The van der Waals surface area contributed by atoms with Crippen LogP contribution in [0, 0.1) is 0 Å². The monoisotopic (exact) mass is 646 g/mol. The molecule has 4 aliphatic rings. The van der Waals surface area contributed by atoms with Crippen LogP contribution in [-0.4, -0.2) is 73.1 Å². The van der Waals surface area contributed by atoms with Crippen molar-refractivity contribution in [3.8, 4) is 11.5 Å². The fraction of sp³-hybridized carbons (Fsp3) is 0.459. The second-order valence-electron chi connectivity index (χ2n) is 13.3. The van der Waals surface area contributed by atoms with Crippen LogP contribution in [0.15, 0.2) is 66.7 Å². The number of alkyl halides is 3. The lowest BCUT2D eigenvalue weighted by atomic mass is 9.68. The third-order valence-corrected chi connectivity index (χ3v) is 10.5. The minimum absolute atomic E-state index is 0.164. The molecule has 3 aromatic rings. The van der Waals surface area contributed by atoms with Gasteiger partial charge in [0.2, 0.25) is 5.91 Å². The number of amides is 2. The van der Waals surface area contributed by atoms with Crippen LogP contribution >= 0.6 is 0 Å². The second kappa shape index (κ2) is 12.9. The van der Waals surface area contributed by atoms with Gasteiger partial charge in [0, 0.05) is 61.1 Å². The van der Waals surface area contributed by atoms with Crippen LogP contribution in [0.5, 0.6) is 11.5 Å². The first-order valence-corrected chi connectivity index (χ1v) is 16.9. The molecule has 0 atom stereocenters. The normalized spacial score (nSPS) is 19.5. The van der Waals surface area contributed by atoms with Crippen molar-refractivity contribution < 1.29 is 27.5 Å². The molecule has 7 nitrogen and oxygen atoms in total. The van der Waals surface area contributed by atoms with E-state index in [1.807, 2.05) is 0 Å². The standard InChI is InChI=1S/C37H41F3N4O3/c38-37(39,40)25-41-35(46)36(30-11-4-6-13-32(30)47-33-14-7-5-12-31(33)36)17-8-18-42-19-21-43(22-20-42)28-16-15-26-24-44(34(45)29(26)23-28)27-9-2-1-3-10-27/h4-7,11-16,23,27H,1-3,8-10,17-22,24-25H2,(H,41,46). The zero-order chi connectivity index (χ0) is 32.6. The number of para-hydroxylation sites is 2. The van der Waals surface area contributed by atoms with Crippen LogP contribution in [0.3, 0.4) is 0 Å². The van der Waals surface area contributed by atoms with Gasteiger partial charge < -0.3 is 19.9 Å². The molecule has 0 radical (unpaired) electrons. The van der Waals surface area contributed by atoms with Gasteiger partial charge in [0.15, 0.2) is 0 Å². The topological polar surface area (TPSA) is 65.1 Å². The molecular weight excluding hydrogens is 605 g/mol. The predicted octanol–water partition coefficient (Wildman–Crippen LogP) is 6.65. The van der Waals surface area contributed by atoms with Crippen molar-refractivity contribution in [2.45, 2.75) is 69.1 Å². The number of nitrogens with one attached hydrogen (secondary N) is 1. The molecule has 2 fully saturated rings. The Balaban J connectivity index is 1.02. The van der Waals surface area contributed by atoms with Crippen LogP contribution in [0.2, 0.25) is 0 Å². The first-order chi connectivity index (χ1) is 22.7. The van der Waals surface area contributed by atoms with Crippen molar-refractivity contribution in [3.63, 3.8) is 0 Å². The van der Waals surface area contributed by atoms with Gasteiger partial charge in [-0.2, -0.15) is 13.2 Å². The molecule has 1 N–H and O–H groups in total. The van der Waals surface area contributed by atoms with Gasteiger partial charge in [-0.05, 0) is 62.1 Å². The molecule has 1 aliphatic carbocycles. The molecule has 1 saturated heterocycles. The largest absolute Gasteiger partial charge is 0.457 e. The van der Waals surface area contributed by atoms with Gasteiger partial charge in [0.1, 0.15) is 23.5 Å². The highest BCUT2D eigenvalue weighted by molar-refractivity contribution is 5.99. The van der Waals surface area contributed by atoms with Gasteiger partial charge in [0.25, 0.3) is 5.91 Å². The number of halogens is 3. The summed E-state index contributed by atoms with van der Waals surface area (Å²) in [4.78, 5) is 34.0. The fourth-order valence-electron chi connectivity index (χ4n) is 8.03. The van der Waals surface area contributed by atoms with Gasteiger partial charge >= 0.3 is 6.18 Å². The number of anilines is 1. The maximum Gasteiger partial charge on any atom is 0.405 e. The molecule has 47 heavy (non-hydrogen) atoms. The maximum atomic E-state index is 13.9. The summed E-state index contributed by atoms with van der Waals surface area (Å²) in [6.45, 7) is 3.24. The number of nitrogens with zero attached hydrogens (tertiary/aromatic N) is 3. The van der Waals surface area contributed by atoms with E-state index in [0.717, 1.165) is 55.8 Å². The van der Waals surface area contributed by atoms with Gasteiger partial charge in [-0.15, -0.1) is 0 Å². The lowest BCUT2D eigenvalue weighted by Gasteiger charge is -2.40. The summed E-state index contributed by atoms with van der Waals surface area (Å²) < 4.78 is 45.9. The highest BCUT2D eigenvalue weighted by atomic mass is 19.4. The van der Waals surface area contributed by atoms with E-state index in [1.54, 1.807) is 48.5 Å². The molecule has 2 amide bonds. The highest BCUT2D eigenvalue weighted by Gasteiger charge is 2.48. The number of fused-ring (bicyclic) bond motifs is 3. The minimum Gasteiger partial charge on any atom is -0.457 e. The van der Waals surface area contributed by atoms with Crippen LogP contribution in [0.25, 0.3) is 0 Å². The van der Waals surface area contributed by atoms with Gasteiger partial charge in [-0.3, -0.25) is 14.5 Å². The van der Waals surface area contributed by atoms with E-state index in [-0.39, 0.29) is 5.91 Å². The first-order valence-electron chi connectivity index (χ1n) is 16.9. The molecule has 3 aliphatic heterocycles. The van der Waals surface area contributed by atoms with E-state index in [4.69, 9.17) is 4.74 Å². The smallest absolute Gasteiger partial charge is 0.405 e. The SMILES string of the molecule is O=C1c2cc(N3CCN(CCCC4(C(=O)NCC(F)(F)F)c5ccccc5Oc5ccccc54)CC3)ccc2CN1C1CCCCC1. The zero-order valence-corrected chi connectivity index (χ0v) is 26.5. The van der Waals surface area contributed by atoms with Crippen molar-refractivity contribution in [3.05, 3.63) is 89.0 Å². The zero-order valence-electron chi connectivity index (χ0n) is 26.5. The van der Waals surface area contributed by atoms with Gasteiger partial charge in [-0.25, -0.2) is 0 Å². The lowest BCUT2D eigenvalue weighted by molar-refractivity contribution is -0.141. The average Bonchev–Trinajstić information content (AvgIpc) is 3.42. The summed E-state index contributed by atoms with van der Waals surface area (Å²) >= 11 is 0. The molecule has 10 heteroatoms. The van der Waals surface area contributed by atoms with Crippen LogP contribution < -0.4 is 15.0 Å². The van der Waals surface area contributed by atoms with E-state index in [0.29, 0.717) is 54.6 Å². The Labute approximate surface area is 273 Å². The van der Waals surface area contributed by atoms with Crippen LogP contribution in [-0.2, 0) is 16.8 Å². The van der Waals surface area contributed by atoms with E-state index >= 15 is 0 Å². The summed E-state index contributed by atoms with van der Waals surface area (Å²) in [5, 5.41) is 2.20. The van der Waals surface area contributed by atoms with Gasteiger partial charge in [-0.1, -0.05) is 61.7 Å². The molecule has 1 saturated carbocycles. The predicted molar refractivity (Wildman–Crippen MR) is 174 cm³/mol. The number of hydrogen-bond donors (Lipinski definition) is 1. The fourth-order valence-corrected chi connectivity index (χ4v) is 8.03. The summed E-state index contributed by atoms with van der Waals surface area (Å²) in [6, 6.07) is 20.9. The molecular formula is C37H41F3N4O3. The minimum atomic E-state index is -4.53. The van der Waals surface area contributed by atoms with Crippen LogP contribution in [0.4, 0.5) is 18.9 Å². The van der Waals surface area contributed by atoms with Crippen molar-refractivity contribution in [1.29, 1.82) is 0 Å². The second-order valence-corrected chi connectivity index (χ2v) is 13.3. The van der Waals surface area contributed by atoms with Gasteiger partial charge in [0.05, 0.1) is 0 Å². The Bertz CT molecular complexity index is 1580. The molecule has 248 valence electrons. The number of carbonyl (C=O) groups is 2. The summed E-state index contributed by atoms with van der Waals surface area (Å²) in [5.41, 5.74) is 2.86. The summed E-state index contributed by atoms with van der Waals surface area (Å²) in [6.07, 6.45) is 2.26. The number of hydrogen-bond acceptors (Lipinski definition) is 5. The van der Waals surface area contributed by atoms with Crippen molar-refractivity contribution >= 4 is 17.5 Å². The average molecular weight is 647 g/mol. The Morgan fingerprint density at radius 2 is 1.55 bits per heavy atom. The quantitative estimate of drug-likeness (QED) is 0.297. The van der Waals surface area contributed by atoms with Crippen molar-refractivity contribution in [2.75, 3.05) is 44.2 Å². The lowest BCUT2D eigenvalue weighted by Crippen LogP contribution is -2.50. The molecule has 3 heterocycles. The van der Waals surface area contributed by atoms with Crippen LogP contribution in [0.1, 0.15) is 72.0 Å². The first kappa shape index (κ1) is 31.5. The van der Waals surface area contributed by atoms with Crippen molar-refractivity contribution in [1.82, 2.24) is 15.1 Å². The number of carbonyl (C=O) groups excluding carboxylic acids is 2. The highest BCUT2D eigenvalue weighted by Crippen LogP contribution is 2.50. The molecule has 0 bridgehead atoms. The third-order valence-electron chi connectivity index (χ3n) is 10.5. The Morgan fingerprint density at radius 3 is 2.21 bits per heavy atom. The van der Waals surface area contributed by atoms with E-state index in [1.165, 1.54) is 19.3 Å². The van der Waals surface area contributed by atoms with Crippen molar-refractivity contribution in [2.24, 2.45) is 0 Å². The Hall–Kier alpha value is -4.05. The van der Waals surface area contributed by atoms with E-state index in [9.17, 15) is 22.8 Å². The summed E-state index contributed by atoms with van der Waals surface area (Å²) in [5.74, 6) is 0.459. The number of benzene rings is 3. The molecule has 0 aromatic heterocycles. The number of ether oxygens (including phenoxy) is 1.